The second-order valence-corrected chi connectivity index (χ2v) is 7.44. The maximum absolute atomic E-state index is 12.8. The number of aromatic nitrogens is 2. The zero-order valence-electron chi connectivity index (χ0n) is 16.3. The molecule has 0 aliphatic rings. The summed E-state index contributed by atoms with van der Waals surface area (Å²) in [6.07, 6.45) is 1.40. The van der Waals surface area contributed by atoms with Gasteiger partial charge in [-0.3, -0.25) is 9.59 Å². The van der Waals surface area contributed by atoms with Gasteiger partial charge in [-0.1, -0.05) is 26.0 Å². The van der Waals surface area contributed by atoms with Crippen molar-refractivity contribution in [1.29, 1.82) is 0 Å². The van der Waals surface area contributed by atoms with Gasteiger partial charge in [0.2, 0.25) is 0 Å². The van der Waals surface area contributed by atoms with Gasteiger partial charge in [-0.25, -0.2) is 4.68 Å². The molecule has 0 aliphatic carbocycles. The molecule has 1 amide bonds. The van der Waals surface area contributed by atoms with E-state index in [2.05, 4.69) is 10.4 Å². The first kappa shape index (κ1) is 19.7. The highest BCUT2D eigenvalue weighted by Gasteiger charge is 2.34. The Morgan fingerprint density at radius 1 is 1.27 bits per heavy atom. The summed E-state index contributed by atoms with van der Waals surface area (Å²) in [6.45, 7) is 11.4. The van der Waals surface area contributed by atoms with Crippen LogP contribution < -0.4 is 5.32 Å². The quantitative estimate of drug-likeness (QED) is 0.830. The van der Waals surface area contributed by atoms with Crippen LogP contribution >= 0.6 is 0 Å². The van der Waals surface area contributed by atoms with Crippen molar-refractivity contribution >= 4 is 11.9 Å². The molecule has 0 radical (unpaired) electrons. The number of carboxylic acids is 1. The second-order valence-electron chi connectivity index (χ2n) is 7.44. The number of nitrogens with zero attached hydrogens (tertiary/aromatic N) is 2. The van der Waals surface area contributed by atoms with E-state index in [9.17, 15) is 14.7 Å². The van der Waals surface area contributed by atoms with Crippen molar-refractivity contribution in [3.63, 3.8) is 0 Å². The molecule has 1 heterocycles. The smallest absolute Gasteiger partial charge is 0.305 e. The van der Waals surface area contributed by atoms with Crippen molar-refractivity contribution in [3.05, 3.63) is 46.8 Å². The van der Waals surface area contributed by atoms with E-state index in [1.807, 2.05) is 52.8 Å². The fourth-order valence-corrected chi connectivity index (χ4v) is 2.86. The zero-order chi connectivity index (χ0) is 19.6. The van der Waals surface area contributed by atoms with E-state index in [1.54, 1.807) is 11.6 Å². The van der Waals surface area contributed by atoms with Crippen LogP contribution in [0.25, 0.3) is 5.69 Å². The van der Waals surface area contributed by atoms with E-state index < -0.39 is 11.5 Å². The molecule has 140 valence electrons. The fourth-order valence-electron chi connectivity index (χ4n) is 2.86. The Labute approximate surface area is 154 Å². The van der Waals surface area contributed by atoms with E-state index in [0.29, 0.717) is 5.56 Å². The van der Waals surface area contributed by atoms with Crippen molar-refractivity contribution in [2.75, 3.05) is 0 Å². The van der Waals surface area contributed by atoms with Gasteiger partial charge < -0.3 is 10.4 Å². The Bertz CT molecular complexity index is 839. The molecule has 0 saturated heterocycles. The fraction of sp³-hybridized carbons (Fsp3) is 0.450. The summed E-state index contributed by atoms with van der Waals surface area (Å²) in [5.41, 5.74) is 3.43. The molecule has 26 heavy (non-hydrogen) atoms. The van der Waals surface area contributed by atoms with Crippen molar-refractivity contribution in [1.82, 2.24) is 15.1 Å². The van der Waals surface area contributed by atoms with Gasteiger partial charge in [0, 0.05) is 0 Å². The molecule has 6 nitrogen and oxygen atoms in total. The topological polar surface area (TPSA) is 84.2 Å². The highest BCUT2D eigenvalue weighted by Crippen LogP contribution is 2.23. The van der Waals surface area contributed by atoms with Gasteiger partial charge in [0.1, 0.15) is 0 Å². The number of amides is 1. The van der Waals surface area contributed by atoms with Gasteiger partial charge >= 0.3 is 5.97 Å². The normalized spacial score (nSPS) is 13.5. The third-order valence-corrected chi connectivity index (χ3v) is 5.04. The minimum atomic E-state index is -0.940. The number of hydrogen-bond donors (Lipinski definition) is 2. The van der Waals surface area contributed by atoms with E-state index >= 15 is 0 Å². The molecule has 2 aromatic rings. The Balaban J connectivity index is 2.35. The average Bonchev–Trinajstić information content (AvgIpc) is 2.90. The monoisotopic (exact) mass is 357 g/mol. The third-order valence-electron chi connectivity index (χ3n) is 5.04. The number of carboxylic acid groups (broad SMARTS) is 1. The lowest BCUT2D eigenvalue weighted by molar-refractivity contribution is -0.138. The van der Waals surface area contributed by atoms with Gasteiger partial charge in [-0.05, 0) is 50.8 Å². The van der Waals surface area contributed by atoms with Crippen LogP contribution in [-0.4, -0.2) is 32.3 Å². The predicted octanol–water partition coefficient (Wildman–Crippen LogP) is 3.42. The van der Waals surface area contributed by atoms with Crippen molar-refractivity contribution in [3.8, 4) is 5.69 Å². The number of carbonyl (C=O) groups is 2. The Morgan fingerprint density at radius 3 is 2.50 bits per heavy atom. The summed E-state index contributed by atoms with van der Waals surface area (Å²) in [5, 5.41) is 16.5. The Morgan fingerprint density at radius 2 is 1.92 bits per heavy atom. The van der Waals surface area contributed by atoms with E-state index in [1.165, 1.54) is 6.20 Å². The molecule has 2 N–H and O–H groups in total. The van der Waals surface area contributed by atoms with Crippen LogP contribution in [0.1, 0.15) is 54.4 Å². The van der Waals surface area contributed by atoms with Crippen molar-refractivity contribution < 1.29 is 14.7 Å². The first-order chi connectivity index (χ1) is 12.0. The first-order valence-electron chi connectivity index (χ1n) is 8.71. The number of aryl methyl sites for hydroxylation is 2. The van der Waals surface area contributed by atoms with Crippen LogP contribution in [0.15, 0.2) is 24.4 Å². The maximum Gasteiger partial charge on any atom is 0.305 e. The summed E-state index contributed by atoms with van der Waals surface area (Å²) < 4.78 is 1.75. The Hall–Kier alpha value is -2.63. The molecule has 0 fully saturated rings. The minimum Gasteiger partial charge on any atom is -0.481 e. The molecule has 6 heteroatoms. The summed E-state index contributed by atoms with van der Waals surface area (Å²) in [6, 6.07) is 6.08. The summed E-state index contributed by atoms with van der Waals surface area (Å²) in [4.78, 5) is 24.0. The van der Waals surface area contributed by atoms with Crippen molar-refractivity contribution in [2.45, 2.75) is 53.5 Å². The highest BCUT2D eigenvalue weighted by atomic mass is 16.4. The summed E-state index contributed by atoms with van der Waals surface area (Å²) >= 11 is 0. The largest absolute Gasteiger partial charge is 0.481 e. The number of nitrogens with one attached hydrogen (secondary N) is 1. The van der Waals surface area contributed by atoms with Gasteiger partial charge in [0.15, 0.2) is 0 Å². The summed E-state index contributed by atoms with van der Waals surface area (Å²) in [7, 11) is 0. The second kappa shape index (κ2) is 7.32. The van der Waals surface area contributed by atoms with E-state index in [4.69, 9.17) is 0 Å². The Kier molecular flexibility index (Phi) is 5.54. The lowest BCUT2D eigenvalue weighted by Crippen LogP contribution is -2.51. The van der Waals surface area contributed by atoms with Crippen LogP contribution in [0, 0.1) is 26.7 Å². The number of rotatable bonds is 6. The first-order valence-corrected chi connectivity index (χ1v) is 8.71. The highest BCUT2D eigenvalue weighted by molar-refractivity contribution is 5.96. The number of hydrogen-bond acceptors (Lipinski definition) is 3. The number of aliphatic carboxylic acids is 1. The van der Waals surface area contributed by atoms with Crippen molar-refractivity contribution in [2.24, 2.45) is 5.92 Å². The van der Waals surface area contributed by atoms with Crippen LogP contribution in [0.2, 0.25) is 0 Å². The lowest BCUT2D eigenvalue weighted by atomic mass is 9.85. The maximum atomic E-state index is 12.8. The molecule has 0 spiro atoms. The van der Waals surface area contributed by atoms with Crippen LogP contribution in [0.4, 0.5) is 0 Å². The SMILES string of the molecule is Cc1ccc(C)c(-n2ncc(C(=O)NC(C)(CC(=O)O)C(C)C)c2C)c1. The molecule has 2 rings (SSSR count). The molecule has 0 saturated carbocycles. The molecular weight excluding hydrogens is 330 g/mol. The van der Waals surface area contributed by atoms with Crippen LogP contribution in [0.3, 0.4) is 0 Å². The molecule has 1 unspecified atom stereocenters. The molecule has 0 aliphatic heterocycles. The molecular formula is C20H27N3O3. The molecule has 1 aromatic carbocycles. The lowest BCUT2D eigenvalue weighted by Gasteiger charge is -2.33. The van der Waals surface area contributed by atoms with E-state index in [0.717, 1.165) is 22.5 Å². The van der Waals surface area contributed by atoms with Crippen LogP contribution in [0.5, 0.6) is 0 Å². The standard InChI is InChI=1S/C20H27N3O3/c1-12(2)20(6,10-18(24)25)22-19(26)16-11-21-23(15(16)5)17-9-13(3)7-8-14(17)4/h7-9,11-12H,10H2,1-6H3,(H,22,26)(H,24,25). The number of benzene rings is 1. The number of carbonyl (C=O) groups excluding carboxylic acids is 1. The molecule has 1 aromatic heterocycles. The minimum absolute atomic E-state index is 0.0306. The van der Waals surface area contributed by atoms with Crippen LogP contribution in [-0.2, 0) is 4.79 Å². The predicted molar refractivity (Wildman–Crippen MR) is 101 cm³/mol. The third kappa shape index (κ3) is 3.95. The average molecular weight is 357 g/mol. The van der Waals surface area contributed by atoms with Gasteiger partial charge in [-0.15, -0.1) is 0 Å². The molecule has 0 bridgehead atoms. The van der Waals surface area contributed by atoms with Gasteiger partial charge in [0.05, 0.1) is 35.1 Å². The summed E-state index contributed by atoms with van der Waals surface area (Å²) in [5.74, 6) is -1.28. The molecule has 1 atom stereocenters. The van der Waals surface area contributed by atoms with Gasteiger partial charge in [0.25, 0.3) is 5.91 Å². The van der Waals surface area contributed by atoms with E-state index in [-0.39, 0.29) is 18.2 Å². The zero-order valence-corrected chi connectivity index (χ0v) is 16.3. The van der Waals surface area contributed by atoms with Gasteiger partial charge in [-0.2, -0.15) is 5.10 Å².